The summed E-state index contributed by atoms with van der Waals surface area (Å²) in [7, 11) is 0. The van der Waals surface area contributed by atoms with Gasteiger partial charge >= 0.3 is 0 Å². The molecular weight excluding hydrogens is 288 g/mol. The average Bonchev–Trinajstić information content (AvgIpc) is 3.05. The van der Waals surface area contributed by atoms with E-state index in [4.69, 9.17) is 0 Å². The number of hydrogen-bond acceptors (Lipinski definition) is 3. The first-order valence-corrected chi connectivity index (χ1v) is 7.41. The maximum atomic E-state index is 12.4. The molecule has 0 aliphatic heterocycles. The van der Waals surface area contributed by atoms with E-state index in [-0.39, 0.29) is 5.91 Å². The van der Waals surface area contributed by atoms with Crippen LogP contribution >= 0.6 is 0 Å². The van der Waals surface area contributed by atoms with Crippen LogP contribution in [0.25, 0.3) is 5.69 Å². The van der Waals surface area contributed by atoms with Crippen molar-refractivity contribution in [3.05, 3.63) is 71.3 Å². The van der Waals surface area contributed by atoms with Crippen LogP contribution in [0.3, 0.4) is 0 Å². The van der Waals surface area contributed by atoms with Crippen molar-refractivity contribution in [3.8, 4) is 5.69 Å². The molecule has 116 valence electrons. The van der Waals surface area contributed by atoms with Crippen molar-refractivity contribution in [2.24, 2.45) is 0 Å². The highest BCUT2D eigenvalue weighted by atomic mass is 16.1. The van der Waals surface area contributed by atoms with Crippen LogP contribution in [-0.2, 0) is 0 Å². The molecule has 0 aliphatic carbocycles. The van der Waals surface area contributed by atoms with E-state index in [0.29, 0.717) is 5.56 Å². The van der Waals surface area contributed by atoms with Gasteiger partial charge in [-0.1, -0.05) is 0 Å². The minimum absolute atomic E-state index is 0.145. The number of aromatic nitrogens is 3. The number of carbonyl (C=O) groups is 1. The van der Waals surface area contributed by atoms with Crippen LogP contribution in [0.15, 0.2) is 48.8 Å². The molecule has 0 bridgehead atoms. The second-order valence-electron chi connectivity index (χ2n) is 5.49. The SMILES string of the molecule is Cc1cc(C)c(NC(=O)c2ccc(-n3cccn3)cc2)c(C)n1. The van der Waals surface area contributed by atoms with Gasteiger partial charge in [0.1, 0.15) is 0 Å². The zero-order valence-corrected chi connectivity index (χ0v) is 13.4. The van der Waals surface area contributed by atoms with E-state index in [9.17, 15) is 4.79 Å². The smallest absolute Gasteiger partial charge is 0.255 e. The number of aryl methyl sites for hydroxylation is 3. The lowest BCUT2D eigenvalue weighted by atomic mass is 10.1. The van der Waals surface area contributed by atoms with Crippen LogP contribution in [-0.4, -0.2) is 20.7 Å². The molecule has 5 heteroatoms. The Labute approximate surface area is 135 Å². The van der Waals surface area contributed by atoms with Crippen molar-refractivity contribution in [1.29, 1.82) is 0 Å². The highest BCUT2D eigenvalue weighted by Crippen LogP contribution is 2.20. The van der Waals surface area contributed by atoms with E-state index < -0.39 is 0 Å². The molecule has 2 aromatic heterocycles. The van der Waals surface area contributed by atoms with Crippen molar-refractivity contribution in [2.45, 2.75) is 20.8 Å². The Morgan fingerprint density at radius 3 is 2.48 bits per heavy atom. The van der Waals surface area contributed by atoms with E-state index >= 15 is 0 Å². The minimum Gasteiger partial charge on any atom is -0.320 e. The van der Waals surface area contributed by atoms with Gasteiger partial charge in [0.2, 0.25) is 0 Å². The van der Waals surface area contributed by atoms with Crippen molar-refractivity contribution in [2.75, 3.05) is 5.32 Å². The lowest BCUT2D eigenvalue weighted by molar-refractivity contribution is 0.102. The molecule has 2 heterocycles. The Hall–Kier alpha value is -2.95. The minimum atomic E-state index is -0.145. The van der Waals surface area contributed by atoms with Gasteiger partial charge in [-0.05, 0) is 62.7 Å². The molecule has 1 aromatic carbocycles. The van der Waals surface area contributed by atoms with Crippen molar-refractivity contribution in [3.63, 3.8) is 0 Å². The Morgan fingerprint density at radius 2 is 1.87 bits per heavy atom. The van der Waals surface area contributed by atoms with E-state index in [0.717, 1.165) is 28.3 Å². The lowest BCUT2D eigenvalue weighted by Crippen LogP contribution is -2.14. The summed E-state index contributed by atoms with van der Waals surface area (Å²) in [6, 6.07) is 11.1. The van der Waals surface area contributed by atoms with E-state index in [2.05, 4.69) is 15.4 Å². The third-order valence-corrected chi connectivity index (χ3v) is 3.66. The molecule has 0 fully saturated rings. The fraction of sp³-hybridized carbons (Fsp3) is 0.167. The summed E-state index contributed by atoms with van der Waals surface area (Å²) in [6.45, 7) is 5.81. The molecule has 0 saturated carbocycles. The predicted octanol–water partition coefficient (Wildman–Crippen LogP) is 3.44. The Bertz CT molecular complexity index is 813. The quantitative estimate of drug-likeness (QED) is 0.806. The summed E-state index contributed by atoms with van der Waals surface area (Å²) in [5.41, 5.74) is 5.06. The topological polar surface area (TPSA) is 59.8 Å². The molecule has 0 radical (unpaired) electrons. The number of carbonyl (C=O) groups excluding carboxylic acids is 1. The van der Waals surface area contributed by atoms with Gasteiger partial charge in [0.25, 0.3) is 5.91 Å². The fourth-order valence-electron chi connectivity index (χ4n) is 2.59. The van der Waals surface area contributed by atoms with Gasteiger partial charge in [-0.2, -0.15) is 5.10 Å². The third-order valence-electron chi connectivity index (χ3n) is 3.66. The Morgan fingerprint density at radius 1 is 1.13 bits per heavy atom. The molecule has 3 rings (SSSR count). The molecular formula is C18H18N4O. The van der Waals surface area contributed by atoms with Crippen LogP contribution in [0.1, 0.15) is 27.3 Å². The molecule has 1 amide bonds. The van der Waals surface area contributed by atoms with Crippen LogP contribution in [0.2, 0.25) is 0 Å². The molecule has 0 aliphatic rings. The van der Waals surface area contributed by atoms with Gasteiger partial charge in [-0.3, -0.25) is 9.78 Å². The average molecular weight is 306 g/mol. The van der Waals surface area contributed by atoms with Gasteiger partial charge in [-0.25, -0.2) is 4.68 Å². The second-order valence-corrected chi connectivity index (χ2v) is 5.49. The van der Waals surface area contributed by atoms with Crippen LogP contribution in [0.5, 0.6) is 0 Å². The number of benzene rings is 1. The zero-order chi connectivity index (χ0) is 16.4. The standard InChI is InChI=1S/C18H18N4O/c1-12-11-13(2)20-14(3)17(12)21-18(23)15-5-7-16(8-6-15)22-10-4-9-19-22/h4-11H,1-3H3,(H,21,23). The maximum Gasteiger partial charge on any atom is 0.255 e. The zero-order valence-electron chi connectivity index (χ0n) is 13.4. The second kappa shape index (κ2) is 6.04. The highest BCUT2D eigenvalue weighted by Gasteiger charge is 2.11. The number of nitrogens with zero attached hydrogens (tertiary/aromatic N) is 3. The summed E-state index contributed by atoms with van der Waals surface area (Å²) in [4.78, 5) is 16.8. The summed E-state index contributed by atoms with van der Waals surface area (Å²) < 4.78 is 1.75. The molecule has 0 saturated heterocycles. The third kappa shape index (κ3) is 3.13. The van der Waals surface area contributed by atoms with E-state index in [1.54, 1.807) is 23.0 Å². The number of anilines is 1. The predicted molar refractivity (Wildman–Crippen MR) is 90.0 cm³/mol. The first kappa shape index (κ1) is 15.0. The summed E-state index contributed by atoms with van der Waals surface area (Å²) in [5.74, 6) is -0.145. The van der Waals surface area contributed by atoms with Crippen molar-refractivity contribution < 1.29 is 4.79 Å². The van der Waals surface area contributed by atoms with Crippen LogP contribution in [0, 0.1) is 20.8 Å². The van der Waals surface area contributed by atoms with Crippen LogP contribution < -0.4 is 5.32 Å². The van der Waals surface area contributed by atoms with Gasteiger partial charge < -0.3 is 5.32 Å². The molecule has 3 aromatic rings. The van der Waals surface area contributed by atoms with E-state index in [1.165, 1.54) is 0 Å². The summed E-state index contributed by atoms with van der Waals surface area (Å²) in [5, 5.41) is 7.12. The first-order chi connectivity index (χ1) is 11.0. The van der Waals surface area contributed by atoms with Crippen molar-refractivity contribution in [1.82, 2.24) is 14.8 Å². The molecule has 1 N–H and O–H groups in total. The molecule has 0 atom stereocenters. The lowest BCUT2D eigenvalue weighted by Gasteiger charge is -2.12. The number of pyridine rings is 1. The first-order valence-electron chi connectivity index (χ1n) is 7.41. The maximum absolute atomic E-state index is 12.4. The van der Waals surface area contributed by atoms with Gasteiger partial charge in [0.15, 0.2) is 0 Å². The molecule has 5 nitrogen and oxygen atoms in total. The molecule has 23 heavy (non-hydrogen) atoms. The monoisotopic (exact) mass is 306 g/mol. The van der Waals surface area contributed by atoms with Gasteiger partial charge in [0.05, 0.1) is 17.1 Å². The number of hydrogen-bond donors (Lipinski definition) is 1. The van der Waals surface area contributed by atoms with Gasteiger partial charge in [0, 0.05) is 23.7 Å². The van der Waals surface area contributed by atoms with Crippen molar-refractivity contribution >= 4 is 11.6 Å². The Kier molecular flexibility index (Phi) is 3.93. The summed E-state index contributed by atoms with van der Waals surface area (Å²) >= 11 is 0. The molecule has 0 unspecified atom stereocenters. The highest BCUT2D eigenvalue weighted by molar-refractivity contribution is 6.05. The van der Waals surface area contributed by atoms with Crippen LogP contribution in [0.4, 0.5) is 5.69 Å². The summed E-state index contributed by atoms with van der Waals surface area (Å²) in [6.07, 6.45) is 3.58. The number of amides is 1. The number of nitrogens with one attached hydrogen (secondary N) is 1. The fourth-order valence-corrected chi connectivity index (χ4v) is 2.59. The largest absolute Gasteiger partial charge is 0.320 e. The number of rotatable bonds is 3. The van der Waals surface area contributed by atoms with Gasteiger partial charge in [-0.15, -0.1) is 0 Å². The molecule has 0 spiro atoms. The van der Waals surface area contributed by atoms with E-state index in [1.807, 2.05) is 51.2 Å². The Balaban J connectivity index is 1.81. The normalized spacial score (nSPS) is 10.6.